The molecular formula is C24H18BrFN2O2. The molecule has 0 aliphatic carbocycles. The van der Waals surface area contributed by atoms with E-state index in [4.69, 9.17) is 4.74 Å². The maximum absolute atomic E-state index is 13.0. The molecule has 1 N–H and O–H groups in total. The van der Waals surface area contributed by atoms with Crippen LogP contribution in [0.4, 0.5) is 4.39 Å². The summed E-state index contributed by atoms with van der Waals surface area (Å²) in [5.41, 5.74) is 2.49. The lowest BCUT2D eigenvalue weighted by Crippen LogP contribution is -2.23. The van der Waals surface area contributed by atoms with Gasteiger partial charge in [-0.3, -0.25) is 4.79 Å². The average Bonchev–Trinajstić information content (AvgIpc) is 2.77. The minimum Gasteiger partial charge on any atom is -0.488 e. The second-order valence-electron chi connectivity index (χ2n) is 6.44. The Bertz CT molecular complexity index is 1090. The molecule has 0 fully saturated rings. The van der Waals surface area contributed by atoms with Gasteiger partial charge in [-0.05, 0) is 63.0 Å². The molecule has 150 valence electrons. The molecule has 0 aromatic heterocycles. The molecule has 3 rings (SSSR count). The average molecular weight is 465 g/mol. The van der Waals surface area contributed by atoms with Gasteiger partial charge in [0.15, 0.2) is 0 Å². The van der Waals surface area contributed by atoms with Gasteiger partial charge in [-0.2, -0.15) is 5.26 Å². The van der Waals surface area contributed by atoms with Crippen LogP contribution in [0.5, 0.6) is 5.75 Å². The van der Waals surface area contributed by atoms with Gasteiger partial charge >= 0.3 is 0 Å². The highest BCUT2D eigenvalue weighted by Crippen LogP contribution is 2.27. The number of halogens is 2. The summed E-state index contributed by atoms with van der Waals surface area (Å²) in [4.78, 5) is 12.3. The van der Waals surface area contributed by atoms with E-state index in [1.54, 1.807) is 30.3 Å². The molecule has 3 aromatic rings. The van der Waals surface area contributed by atoms with E-state index in [9.17, 15) is 14.4 Å². The van der Waals surface area contributed by atoms with Crippen molar-refractivity contribution in [3.8, 4) is 11.8 Å². The largest absolute Gasteiger partial charge is 0.488 e. The minimum atomic E-state index is -0.436. The predicted molar refractivity (Wildman–Crippen MR) is 117 cm³/mol. The van der Waals surface area contributed by atoms with Crippen LogP contribution in [0, 0.1) is 17.1 Å². The standard InChI is InChI=1S/C24H18BrFN2O2/c25-22-13-19(8-11-23(22)30-16-18-6-9-21(26)10-7-18)12-20(14-27)24(29)28-15-17-4-2-1-3-5-17/h1-13H,15-16H2,(H,28,29). The Hall–Kier alpha value is -3.43. The van der Waals surface area contributed by atoms with Gasteiger partial charge in [0.1, 0.15) is 29.8 Å². The van der Waals surface area contributed by atoms with Crippen molar-refractivity contribution < 1.29 is 13.9 Å². The predicted octanol–water partition coefficient (Wildman–Crippen LogP) is 5.39. The van der Waals surface area contributed by atoms with Gasteiger partial charge in [-0.15, -0.1) is 0 Å². The van der Waals surface area contributed by atoms with Crippen molar-refractivity contribution in [3.63, 3.8) is 0 Å². The Labute approximate surface area is 182 Å². The normalized spacial score (nSPS) is 10.9. The molecule has 6 heteroatoms. The quantitative estimate of drug-likeness (QED) is 0.376. The molecule has 0 unspecified atom stereocenters. The fourth-order valence-corrected chi connectivity index (χ4v) is 3.17. The summed E-state index contributed by atoms with van der Waals surface area (Å²) in [6.45, 7) is 0.637. The van der Waals surface area contributed by atoms with Crippen molar-refractivity contribution in [3.05, 3.63) is 105 Å². The summed E-state index contributed by atoms with van der Waals surface area (Å²) in [6, 6.07) is 22.8. The Morgan fingerprint density at radius 2 is 1.80 bits per heavy atom. The number of amides is 1. The van der Waals surface area contributed by atoms with Crippen LogP contribution in [0.3, 0.4) is 0 Å². The number of hydrogen-bond donors (Lipinski definition) is 1. The summed E-state index contributed by atoms with van der Waals surface area (Å²) < 4.78 is 19.4. The molecule has 0 aliphatic rings. The van der Waals surface area contributed by atoms with Crippen molar-refractivity contribution in [2.45, 2.75) is 13.2 Å². The van der Waals surface area contributed by atoms with Gasteiger partial charge in [-0.1, -0.05) is 48.5 Å². The minimum absolute atomic E-state index is 0.0119. The highest BCUT2D eigenvalue weighted by Gasteiger charge is 2.10. The van der Waals surface area contributed by atoms with Gasteiger partial charge in [0.2, 0.25) is 0 Å². The lowest BCUT2D eigenvalue weighted by molar-refractivity contribution is -0.117. The molecule has 0 spiro atoms. The fraction of sp³-hybridized carbons (Fsp3) is 0.0833. The maximum Gasteiger partial charge on any atom is 0.262 e. The van der Waals surface area contributed by atoms with E-state index >= 15 is 0 Å². The van der Waals surface area contributed by atoms with Crippen LogP contribution in [-0.4, -0.2) is 5.91 Å². The molecular weight excluding hydrogens is 447 g/mol. The van der Waals surface area contributed by atoms with E-state index < -0.39 is 5.91 Å². The van der Waals surface area contributed by atoms with Crippen LogP contribution in [-0.2, 0) is 17.9 Å². The Balaban J connectivity index is 1.64. The number of nitrogens with one attached hydrogen (secondary N) is 1. The second-order valence-corrected chi connectivity index (χ2v) is 7.30. The fourth-order valence-electron chi connectivity index (χ4n) is 2.65. The van der Waals surface area contributed by atoms with Crippen LogP contribution >= 0.6 is 15.9 Å². The highest BCUT2D eigenvalue weighted by molar-refractivity contribution is 9.10. The third-order valence-corrected chi connectivity index (χ3v) is 4.86. The number of benzene rings is 3. The Kier molecular flexibility index (Phi) is 7.36. The summed E-state index contributed by atoms with van der Waals surface area (Å²) in [5.74, 6) is -0.130. The number of carbonyl (C=O) groups excluding carboxylic acids is 1. The summed E-state index contributed by atoms with van der Waals surface area (Å²) in [6.07, 6.45) is 1.52. The number of rotatable bonds is 7. The second kappa shape index (κ2) is 10.4. The molecule has 0 bridgehead atoms. The monoisotopic (exact) mass is 464 g/mol. The number of hydrogen-bond acceptors (Lipinski definition) is 3. The summed E-state index contributed by atoms with van der Waals surface area (Å²) >= 11 is 3.44. The van der Waals surface area contributed by atoms with Crippen LogP contribution in [0.1, 0.15) is 16.7 Å². The molecule has 0 radical (unpaired) electrons. The van der Waals surface area contributed by atoms with Crippen molar-refractivity contribution in [1.82, 2.24) is 5.32 Å². The molecule has 30 heavy (non-hydrogen) atoms. The van der Waals surface area contributed by atoms with Crippen molar-refractivity contribution in [2.24, 2.45) is 0 Å². The van der Waals surface area contributed by atoms with Crippen LogP contribution in [0.2, 0.25) is 0 Å². The summed E-state index contributed by atoms with van der Waals surface area (Å²) in [5, 5.41) is 12.1. The maximum atomic E-state index is 13.0. The topological polar surface area (TPSA) is 62.1 Å². The van der Waals surface area contributed by atoms with E-state index in [0.717, 1.165) is 11.1 Å². The molecule has 0 saturated carbocycles. The first-order chi connectivity index (χ1) is 14.5. The number of nitriles is 1. The molecule has 1 amide bonds. The molecule has 3 aromatic carbocycles. The van der Waals surface area contributed by atoms with Crippen LogP contribution in [0.15, 0.2) is 82.8 Å². The molecule has 0 saturated heterocycles. The van der Waals surface area contributed by atoms with E-state index in [-0.39, 0.29) is 11.4 Å². The first kappa shape index (κ1) is 21.3. The van der Waals surface area contributed by atoms with Gasteiger partial charge < -0.3 is 10.1 Å². The van der Waals surface area contributed by atoms with E-state index in [0.29, 0.717) is 28.9 Å². The highest BCUT2D eigenvalue weighted by atomic mass is 79.9. The molecule has 0 atom stereocenters. The van der Waals surface area contributed by atoms with Crippen LogP contribution < -0.4 is 10.1 Å². The zero-order chi connectivity index (χ0) is 21.3. The van der Waals surface area contributed by atoms with Crippen LogP contribution in [0.25, 0.3) is 6.08 Å². The van der Waals surface area contributed by atoms with Gasteiger partial charge in [0.25, 0.3) is 5.91 Å². The number of carbonyl (C=O) groups is 1. The van der Waals surface area contributed by atoms with Crippen molar-refractivity contribution in [2.75, 3.05) is 0 Å². The Morgan fingerprint density at radius 1 is 1.07 bits per heavy atom. The molecule has 0 aliphatic heterocycles. The van der Waals surface area contributed by atoms with Crippen molar-refractivity contribution >= 4 is 27.9 Å². The van der Waals surface area contributed by atoms with E-state index in [2.05, 4.69) is 21.2 Å². The summed E-state index contributed by atoms with van der Waals surface area (Å²) in [7, 11) is 0. The first-order valence-corrected chi connectivity index (χ1v) is 9.95. The van der Waals surface area contributed by atoms with E-state index in [1.165, 1.54) is 18.2 Å². The first-order valence-electron chi connectivity index (χ1n) is 9.16. The molecule has 0 heterocycles. The third-order valence-electron chi connectivity index (χ3n) is 4.24. The number of nitrogens with zero attached hydrogens (tertiary/aromatic N) is 1. The number of ether oxygens (including phenoxy) is 1. The Morgan fingerprint density at radius 3 is 2.47 bits per heavy atom. The lowest BCUT2D eigenvalue weighted by Gasteiger charge is -2.09. The third kappa shape index (κ3) is 6.03. The van der Waals surface area contributed by atoms with Gasteiger partial charge in [0, 0.05) is 6.54 Å². The van der Waals surface area contributed by atoms with Gasteiger partial charge in [-0.25, -0.2) is 4.39 Å². The molecule has 4 nitrogen and oxygen atoms in total. The van der Waals surface area contributed by atoms with E-state index in [1.807, 2.05) is 36.4 Å². The van der Waals surface area contributed by atoms with Gasteiger partial charge in [0.05, 0.1) is 4.47 Å². The zero-order valence-electron chi connectivity index (χ0n) is 15.9. The smallest absolute Gasteiger partial charge is 0.262 e. The zero-order valence-corrected chi connectivity index (χ0v) is 17.5. The van der Waals surface area contributed by atoms with Crippen molar-refractivity contribution in [1.29, 1.82) is 5.26 Å². The SMILES string of the molecule is N#CC(=Cc1ccc(OCc2ccc(F)cc2)c(Br)c1)C(=O)NCc1ccccc1. The lowest BCUT2D eigenvalue weighted by atomic mass is 10.1.